The first-order chi connectivity index (χ1) is 7.09. The molecular formula is C13H18BrN. The van der Waals surface area contributed by atoms with Crippen LogP contribution in [0, 0.1) is 5.92 Å². The summed E-state index contributed by atoms with van der Waals surface area (Å²) >= 11 is 3.59. The van der Waals surface area contributed by atoms with Crippen molar-refractivity contribution in [2.45, 2.75) is 38.1 Å². The molecule has 0 spiro atoms. The van der Waals surface area contributed by atoms with Gasteiger partial charge in [0, 0.05) is 10.0 Å². The van der Waals surface area contributed by atoms with Crippen molar-refractivity contribution < 1.29 is 0 Å². The molecule has 2 N–H and O–H groups in total. The molecule has 2 heteroatoms. The normalized spacial score (nSPS) is 30.7. The molecule has 0 heterocycles. The summed E-state index contributed by atoms with van der Waals surface area (Å²) in [4.78, 5) is 0. The van der Waals surface area contributed by atoms with Crippen LogP contribution in [0.3, 0.4) is 0 Å². The van der Waals surface area contributed by atoms with Crippen LogP contribution in [0.25, 0.3) is 0 Å². The van der Waals surface area contributed by atoms with Gasteiger partial charge in [-0.25, -0.2) is 0 Å². The van der Waals surface area contributed by atoms with Gasteiger partial charge in [-0.05, 0) is 43.2 Å². The number of nitrogens with two attached hydrogens (primary N) is 1. The van der Waals surface area contributed by atoms with Crippen molar-refractivity contribution in [2.24, 2.45) is 11.7 Å². The zero-order chi connectivity index (χ0) is 10.9. The second kappa shape index (κ2) is 4.26. The van der Waals surface area contributed by atoms with Crippen molar-refractivity contribution in [3.05, 3.63) is 34.3 Å². The first-order valence-corrected chi connectivity index (χ1v) is 6.41. The maximum atomic E-state index is 6.43. The van der Waals surface area contributed by atoms with Crippen molar-refractivity contribution >= 4 is 15.9 Å². The molecule has 0 saturated heterocycles. The van der Waals surface area contributed by atoms with Gasteiger partial charge in [-0.3, -0.25) is 0 Å². The van der Waals surface area contributed by atoms with E-state index in [4.69, 9.17) is 5.73 Å². The Hall–Kier alpha value is -0.340. The lowest BCUT2D eigenvalue weighted by molar-refractivity contribution is 0.418. The summed E-state index contributed by atoms with van der Waals surface area (Å²) < 4.78 is 1.19. The van der Waals surface area contributed by atoms with E-state index >= 15 is 0 Å². The highest BCUT2D eigenvalue weighted by molar-refractivity contribution is 9.10. The molecular weight excluding hydrogens is 250 g/mol. The zero-order valence-corrected chi connectivity index (χ0v) is 10.8. The van der Waals surface area contributed by atoms with Crippen LogP contribution >= 0.6 is 15.9 Å². The molecule has 15 heavy (non-hydrogen) atoms. The number of rotatable bonds is 2. The minimum atomic E-state index is 0.0310. The molecule has 1 aromatic rings. The second-order valence-corrected chi connectivity index (χ2v) is 5.83. The van der Waals surface area contributed by atoms with Gasteiger partial charge in [-0.2, -0.15) is 0 Å². The van der Waals surface area contributed by atoms with Crippen LogP contribution in [-0.4, -0.2) is 5.54 Å². The number of hydrogen-bond donors (Lipinski definition) is 1. The van der Waals surface area contributed by atoms with Gasteiger partial charge in [0.05, 0.1) is 0 Å². The van der Waals surface area contributed by atoms with Crippen molar-refractivity contribution in [3.63, 3.8) is 0 Å². The number of benzene rings is 1. The summed E-state index contributed by atoms with van der Waals surface area (Å²) in [5.74, 6) is 0.789. The minimum Gasteiger partial charge on any atom is -0.325 e. The minimum absolute atomic E-state index is 0.0310. The molecule has 0 aromatic heterocycles. The third kappa shape index (κ3) is 2.61. The van der Waals surface area contributed by atoms with Crippen LogP contribution < -0.4 is 5.73 Å². The van der Waals surface area contributed by atoms with Gasteiger partial charge in [-0.1, -0.05) is 41.1 Å². The van der Waals surface area contributed by atoms with Gasteiger partial charge >= 0.3 is 0 Å². The van der Waals surface area contributed by atoms with E-state index in [1.54, 1.807) is 0 Å². The summed E-state index contributed by atoms with van der Waals surface area (Å²) in [6, 6.07) is 8.40. The van der Waals surface area contributed by atoms with Gasteiger partial charge in [0.15, 0.2) is 0 Å². The maximum absolute atomic E-state index is 6.43. The van der Waals surface area contributed by atoms with E-state index in [9.17, 15) is 0 Å². The van der Waals surface area contributed by atoms with E-state index < -0.39 is 0 Å². The fourth-order valence-corrected chi connectivity index (χ4v) is 3.04. The largest absolute Gasteiger partial charge is 0.325 e. The van der Waals surface area contributed by atoms with Gasteiger partial charge in [0.1, 0.15) is 0 Å². The van der Waals surface area contributed by atoms with Crippen molar-refractivity contribution in [2.75, 3.05) is 0 Å². The molecule has 2 atom stereocenters. The van der Waals surface area contributed by atoms with Crippen molar-refractivity contribution in [1.29, 1.82) is 0 Å². The molecule has 1 aromatic carbocycles. The lowest BCUT2D eigenvalue weighted by atomic mass is 9.89. The fraction of sp³-hybridized carbons (Fsp3) is 0.538. The number of hydrogen-bond acceptors (Lipinski definition) is 1. The van der Waals surface area contributed by atoms with E-state index in [2.05, 4.69) is 41.1 Å². The highest BCUT2D eigenvalue weighted by Crippen LogP contribution is 2.35. The highest BCUT2D eigenvalue weighted by Gasteiger charge is 2.33. The summed E-state index contributed by atoms with van der Waals surface area (Å²) in [6.45, 7) is 2.30. The molecule has 1 saturated carbocycles. The molecule has 0 aliphatic heterocycles. The van der Waals surface area contributed by atoms with Gasteiger partial charge in [0.2, 0.25) is 0 Å². The highest BCUT2D eigenvalue weighted by atomic mass is 79.9. The van der Waals surface area contributed by atoms with Crippen LogP contribution in [0.5, 0.6) is 0 Å². The summed E-state index contributed by atoms with van der Waals surface area (Å²) in [5.41, 5.74) is 7.80. The molecule has 1 aliphatic rings. The van der Waals surface area contributed by atoms with E-state index in [0.717, 1.165) is 25.2 Å². The molecule has 2 rings (SSSR count). The van der Waals surface area contributed by atoms with E-state index in [-0.39, 0.29) is 5.54 Å². The molecule has 0 amide bonds. The number of halogens is 1. The Morgan fingerprint density at radius 2 is 2.20 bits per heavy atom. The second-order valence-electron chi connectivity index (χ2n) is 4.98. The molecule has 0 radical (unpaired) electrons. The van der Waals surface area contributed by atoms with Crippen LogP contribution in [0.15, 0.2) is 28.7 Å². The predicted octanol–water partition coefficient (Wildman–Crippen LogP) is 3.51. The van der Waals surface area contributed by atoms with E-state index in [0.29, 0.717) is 0 Å². The third-order valence-corrected chi connectivity index (χ3v) is 4.16. The monoisotopic (exact) mass is 267 g/mol. The standard InChI is InChI=1S/C13H18BrN/c1-10-6-7-13(15,8-10)9-11-4-2-3-5-12(11)14/h2-5,10H,6-9,15H2,1H3. The van der Waals surface area contributed by atoms with Crippen LogP contribution in [0.4, 0.5) is 0 Å². The van der Waals surface area contributed by atoms with E-state index in [1.165, 1.54) is 16.5 Å². The summed E-state index contributed by atoms with van der Waals surface area (Å²) in [6.07, 6.45) is 4.60. The Morgan fingerprint density at radius 3 is 2.80 bits per heavy atom. The first kappa shape index (κ1) is 11.2. The average molecular weight is 268 g/mol. The Morgan fingerprint density at radius 1 is 1.47 bits per heavy atom. The smallest absolute Gasteiger partial charge is 0.0207 e. The summed E-state index contributed by atoms with van der Waals surface area (Å²) in [7, 11) is 0. The van der Waals surface area contributed by atoms with Crippen LogP contribution in [0.2, 0.25) is 0 Å². The maximum Gasteiger partial charge on any atom is 0.0207 e. The molecule has 0 bridgehead atoms. The Bertz CT molecular complexity index is 350. The van der Waals surface area contributed by atoms with Crippen LogP contribution in [0.1, 0.15) is 31.7 Å². The topological polar surface area (TPSA) is 26.0 Å². The average Bonchev–Trinajstić information content (AvgIpc) is 2.51. The molecule has 1 fully saturated rings. The third-order valence-electron chi connectivity index (χ3n) is 3.39. The quantitative estimate of drug-likeness (QED) is 0.872. The SMILES string of the molecule is CC1CCC(N)(Cc2ccccc2Br)C1. The Kier molecular flexibility index (Phi) is 3.17. The van der Waals surface area contributed by atoms with Gasteiger partial charge in [0.25, 0.3) is 0 Å². The molecule has 1 aliphatic carbocycles. The predicted molar refractivity (Wildman–Crippen MR) is 67.8 cm³/mol. The fourth-order valence-electron chi connectivity index (χ4n) is 2.61. The Balaban J connectivity index is 2.12. The molecule has 82 valence electrons. The summed E-state index contributed by atoms with van der Waals surface area (Å²) in [5, 5.41) is 0. The van der Waals surface area contributed by atoms with Crippen LogP contribution in [-0.2, 0) is 6.42 Å². The Labute approximate surface area is 100 Å². The molecule has 2 unspecified atom stereocenters. The first-order valence-electron chi connectivity index (χ1n) is 5.61. The lowest BCUT2D eigenvalue weighted by Gasteiger charge is -2.24. The molecule has 1 nitrogen and oxygen atoms in total. The van der Waals surface area contributed by atoms with Crippen molar-refractivity contribution in [1.82, 2.24) is 0 Å². The van der Waals surface area contributed by atoms with Gasteiger partial charge < -0.3 is 5.73 Å². The van der Waals surface area contributed by atoms with Crippen molar-refractivity contribution in [3.8, 4) is 0 Å². The van der Waals surface area contributed by atoms with Gasteiger partial charge in [-0.15, -0.1) is 0 Å². The van der Waals surface area contributed by atoms with E-state index in [1.807, 2.05) is 6.07 Å². The zero-order valence-electron chi connectivity index (χ0n) is 9.17. The lowest BCUT2D eigenvalue weighted by Crippen LogP contribution is -2.39.